The number of aryl methyl sites for hydroxylation is 1. The maximum atomic E-state index is 5.45. The molecule has 1 atom stereocenters. The molecule has 0 unspecified atom stereocenters. The van der Waals surface area contributed by atoms with Crippen LogP contribution in [0.2, 0.25) is 0 Å². The zero-order chi connectivity index (χ0) is 17.5. The second-order valence-corrected chi connectivity index (χ2v) is 6.39. The van der Waals surface area contributed by atoms with Gasteiger partial charge in [0.25, 0.3) is 0 Å². The zero-order valence-corrected chi connectivity index (χ0v) is 15.7. The Bertz CT molecular complexity index is 653. The Kier molecular flexibility index (Phi) is 6.85. The Labute approximate surface area is 146 Å². The van der Waals surface area contributed by atoms with Crippen LogP contribution in [0.4, 0.5) is 5.69 Å². The molecule has 0 bridgehead atoms. The van der Waals surface area contributed by atoms with E-state index in [9.17, 15) is 0 Å². The highest BCUT2D eigenvalue weighted by molar-refractivity contribution is 5.96. The molecule has 0 saturated heterocycles. The number of rotatable bonds is 9. The number of benzene rings is 1. The SMILES string of the molecule is CCN(CC)CCC[C@@H](C)Nc1c(C)cnc2c(OC)cccc12. The van der Waals surface area contributed by atoms with Crippen molar-refractivity contribution in [2.75, 3.05) is 32.1 Å². The van der Waals surface area contributed by atoms with E-state index in [4.69, 9.17) is 4.74 Å². The van der Waals surface area contributed by atoms with Crippen molar-refractivity contribution in [2.45, 2.75) is 46.6 Å². The molecule has 1 heterocycles. The summed E-state index contributed by atoms with van der Waals surface area (Å²) < 4.78 is 5.45. The van der Waals surface area contributed by atoms with Crippen LogP contribution >= 0.6 is 0 Å². The molecule has 24 heavy (non-hydrogen) atoms. The van der Waals surface area contributed by atoms with Gasteiger partial charge in [0.2, 0.25) is 0 Å². The molecule has 0 radical (unpaired) electrons. The zero-order valence-electron chi connectivity index (χ0n) is 15.7. The monoisotopic (exact) mass is 329 g/mol. The van der Waals surface area contributed by atoms with Crippen molar-refractivity contribution >= 4 is 16.6 Å². The number of aromatic nitrogens is 1. The van der Waals surface area contributed by atoms with Crippen LogP contribution in [0.3, 0.4) is 0 Å². The van der Waals surface area contributed by atoms with Gasteiger partial charge in [-0.15, -0.1) is 0 Å². The van der Waals surface area contributed by atoms with Crippen LogP contribution in [-0.4, -0.2) is 42.7 Å². The Hall–Kier alpha value is -1.81. The molecule has 4 heteroatoms. The molecule has 0 aliphatic heterocycles. The number of methoxy groups -OCH3 is 1. The molecule has 4 nitrogen and oxygen atoms in total. The third-order valence-electron chi connectivity index (χ3n) is 4.67. The van der Waals surface area contributed by atoms with E-state index in [-0.39, 0.29) is 0 Å². The molecule has 0 aliphatic rings. The molecule has 1 aromatic carbocycles. The summed E-state index contributed by atoms with van der Waals surface area (Å²) in [6, 6.07) is 6.53. The number of anilines is 1. The second-order valence-electron chi connectivity index (χ2n) is 6.39. The molecule has 0 fully saturated rings. The van der Waals surface area contributed by atoms with E-state index >= 15 is 0 Å². The largest absolute Gasteiger partial charge is 0.494 e. The van der Waals surface area contributed by atoms with Gasteiger partial charge in [0.1, 0.15) is 11.3 Å². The van der Waals surface area contributed by atoms with Crippen LogP contribution in [-0.2, 0) is 0 Å². The van der Waals surface area contributed by atoms with Gasteiger partial charge in [0.05, 0.1) is 7.11 Å². The third kappa shape index (κ3) is 4.38. The van der Waals surface area contributed by atoms with Gasteiger partial charge in [-0.2, -0.15) is 0 Å². The predicted molar refractivity (Wildman–Crippen MR) is 103 cm³/mol. The van der Waals surface area contributed by atoms with E-state index in [2.05, 4.69) is 49.0 Å². The highest BCUT2D eigenvalue weighted by Gasteiger charge is 2.12. The summed E-state index contributed by atoms with van der Waals surface area (Å²) in [7, 11) is 1.69. The third-order valence-corrected chi connectivity index (χ3v) is 4.67. The van der Waals surface area contributed by atoms with E-state index in [1.54, 1.807) is 7.11 Å². The Morgan fingerprint density at radius 3 is 2.67 bits per heavy atom. The first-order valence-electron chi connectivity index (χ1n) is 9.01. The van der Waals surface area contributed by atoms with Crippen LogP contribution < -0.4 is 10.1 Å². The summed E-state index contributed by atoms with van der Waals surface area (Å²) in [5.41, 5.74) is 3.27. The molecule has 0 spiro atoms. The number of nitrogens with zero attached hydrogens (tertiary/aromatic N) is 2. The minimum absolute atomic E-state index is 0.427. The summed E-state index contributed by atoms with van der Waals surface area (Å²) in [4.78, 5) is 7.03. The molecule has 132 valence electrons. The normalized spacial score (nSPS) is 12.6. The maximum Gasteiger partial charge on any atom is 0.145 e. The van der Waals surface area contributed by atoms with Gasteiger partial charge in [-0.25, -0.2) is 0 Å². The number of pyridine rings is 1. The lowest BCUT2D eigenvalue weighted by Crippen LogP contribution is -2.25. The van der Waals surface area contributed by atoms with Crippen molar-refractivity contribution in [3.8, 4) is 5.75 Å². The van der Waals surface area contributed by atoms with Crippen molar-refractivity contribution in [3.05, 3.63) is 30.0 Å². The minimum atomic E-state index is 0.427. The van der Waals surface area contributed by atoms with Gasteiger partial charge < -0.3 is 15.0 Å². The Balaban J connectivity index is 2.10. The molecule has 2 aromatic rings. The summed E-state index contributed by atoms with van der Waals surface area (Å²) in [6.07, 6.45) is 4.29. The van der Waals surface area contributed by atoms with Gasteiger partial charge >= 0.3 is 0 Å². The molecular formula is C20H31N3O. The summed E-state index contributed by atoms with van der Waals surface area (Å²) >= 11 is 0. The lowest BCUT2D eigenvalue weighted by atomic mass is 10.1. The van der Waals surface area contributed by atoms with Crippen LogP contribution in [0.25, 0.3) is 10.9 Å². The molecule has 1 N–H and O–H groups in total. The standard InChI is InChI=1S/C20H31N3O/c1-6-23(7-2)13-9-10-16(4)22-19-15(3)14-21-20-17(19)11-8-12-18(20)24-5/h8,11-12,14,16H,6-7,9-10,13H2,1-5H3,(H,21,22)/t16-/m1/s1. The van der Waals surface area contributed by atoms with Crippen molar-refractivity contribution in [2.24, 2.45) is 0 Å². The number of para-hydroxylation sites is 1. The summed E-state index contributed by atoms with van der Waals surface area (Å²) in [6.45, 7) is 12.3. The highest BCUT2D eigenvalue weighted by Crippen LogP contribution is 2.31. The van der Waals surface area contributed by atoms with Crippen LogP contribution in [0.1, 0.15) is 39.2 Å². The van der Waals surface area contributed by atoms with E-state index in [1.165, 1.54) is 24.2 Å². The number of hydrogen-bond acceptors (Lipinski definition) is 4. The lowest BCUT2D eigenvalue weighted by molar-refractivity contribution is 0.295. The van der Waals surface area contributed by atoms with Crippen molar-refractivity contribution < 1.29 is 4.74 Å². The first kappa shape index (κ1) is 18.5. The number of fused-ring (bicyclic) bond motifs is 1. The second kappa shape index (κ2) is 8.88. The molecule has 0 aliphatic carbocycles. The van der Waals surface area contributed by atoms with Crippen LogP contribution in [0, 0.1) is 6.92 Å². The van der Waals surface area contributed by atoms with Crippen LogP contribution in [0.5, 0.6) is 5.75 Å². The molecular weight excluding hydrogens is 298 g/mol. The van der Waals surface area contributed by atoms with Gasteiger partial charge in [-0.3, -0.25) is 4.98 Å². The lowest BCUT2D eigenvalue weighted by Gasteiger charge is -2.22. The fraction of sp³-hybridized carbons (Fsp3) is 0.550. The molecule has 2 rings (SSSR count). The minimum Gasteiger partial charge on any atom is -0.494 e. The predicted octanol–water partition coefficient (Wildman–Crippen LogP) is 4.47. The Morgan fingerprint density at radius 2 is 2.00 bits per heavy atom. The van der Waals surface area contributed by atoms with Crippen molar-refractivity contribution in [3.63, 3.8) is 0 Å². The van der Waals surface area contributed by atoms with E-state index < -0.39 is 0 Å². The molecule has 0 saturated carbocycles. The fourth-order valence-corrected chi connectivity index (χ4v) is 3.13. The van der Waals surface area contributed by atoms with Crippen LogP contribution in [0.15, 0.2) is 24.4 Å². The Morgan fingerprint density at radius 1 is 1.25 bits per heavy atom. The average molecular weight is 329 g/mol. The topological polar surface area (TPSA) is 37.4 Å². The van der Waals surface area contributed by atoms with Gasteiger partial charge in [-0.1, -0.05) is 26.0 Å². The summed E-state index contributed by atoms with van der Waals surface area (Å²) in [5.74, 6) is 0.824. The van der Waals surface area contributed by atoms with E-state index in [0.29, 0.717) is 6.04 Å². The first-order chi connectivity index (χ1) is 11.6. The number of ether oxygens (including phenoxy) is 1. The van der Waals surface area contributed by atoms with Gasteiger partial charge in [-0.05, 0) is 58.0 Å². The summed E-state index contributed by atoms with van der Waals surface area (Å²) in [5, 5.41) is 4.83. The number of nitrogens with one attached hydrogen (secondary N) is 1. The highest BCUT2D eigenvalue weighted by atomic mass is 16.5. The first-order valence-corrected chi connectivity index (χ1v) is 9.01. The molecule has 0 amide bonds. The van der Waals surface area contributed by atoms with E-state index in [0.717, 1.165) is 36.2 Å². The quantitative estimate of drug-likeness (QED) is 0.736. The number of hydrogen-bond donors (Lipinski definition) is 1. The van der Waals surface area contributed by atoms with Gasteiger partial charge in [0.15, 0.2) is 0 Å². The molecule has 1 aromatic heterocycles. The van der Waals surface area contributed by atoms with E-state index in [1.807, 2.05) is 18.3 Å². The van der Waals surface area contributed by atoms with Crippen molar-refractivity contribution in [1.82, 2.24) is 9.88 Å². The van der Waals surface area contributed by atoms with Crippen molar-refractivity contribution in [1.29, 1.82) is 0 Å². The maximum absolute atomic E-state index is 5.45. The fourth-order valence-electron chi connectivity index (χ4n) is 3.13. The smallest absolute Gasteiger partial charge is 0.145 e. The van der Waals surface area contributed by atoms with Gasteiger partial charge in [0, 0.05) is 23.3 Å². The average Bonchev–Trinajstić information content (AvgIpc) is 2.60.